The Hall–Kier alpha value is -2.31. The van der Waals surface area contributed by atoms with Gasteiger partial charge in [-0.15, -0.1) is 0 Å². The van der Waals surface area contributed by atoms with Gasteiger partial charge in [-0.1, -0.05) is 29.3 Å². The van der Waals surface area contributed by atoms with Gasteiger partial charge in [-0.2, -0.15) is 0 Å². The third kappa shape index (κ3) is 4.12. The Morgan fingerprint density at radius 1 is 1.22 bits per heavy atom. The number of nitro benzene ring substituents is 1. The normalized spacial score (nSPS) is 10.2. The van der Waals surface area contributed by atoms with E-state index >= 15 is 0 Å². The van der Waals surface area contributed by atoms with Gasteiger partial charge in [0.25, 0.3) is 11.6 Å². The molecule has 0 saturated carbocycles. The van der Waals surface area contributed by atoms with Crippen LogP contribution in [0.15, 0.2) is 36.4 Å². The standard InChI is InChI=1S/C15H13Cl2N3O3/c1-18-13-5-3-9(6-14(13)20(22)23)15(21)19-8-10-2-4-11(16)7-12(10)17/h2-7,18H,8H2,1H3,(H,19,21). The van der Waals surface area contributed by atoms with Crippen molar-refractivity contribution in [2.24, 2.45) is 0 Å². The highest BCUT2D eigenvalue weighted by molar-refractivity contribution is 6.35. The third-order valence-corrected chi connectivity index (χ3v) is 3.77. The van der Waals surface area contributed by atoms with Gasteiger partial charge in [0.2, 0.25) is 0 Å². The number of carbonyl (C=O) groups is 1. The van der Waals surface area contributed by atoms with E-state index in [2.05, 4.69) is 10.6 Å². The summed E-state index contributed by atoms with van der Waals surface area (Å²) < 4.78 is 0. The van der Waals surface area contributed by atoms with Crippen LogP contribution < -0.4 is 10.6 Å². The van der Waals surface area contributed by atoms with Crippen molar-refractivity contribution in [1.29, 1.82) is 0 Å². The molecule has 1 amide bonds. The summed E-state index contributed by atoms with van der Waals surface area (Å²) in [6, 6.07) is 9.18. The highest BCUT2D eigenvalue weighted by atomic mass is 35.5. The van der Waals surface area contributed by atoms with Crippen molar-refractivity contribution in [2.45, 2.75) is 6.54 Å². The van der Waals surface area contributed by atoms with Gasteiger partial charge in [-0.05, 0) is 29.8 Å². The first-order chi connectivity index (χ1) is 10.9. The molecule has 0 aliphatic rings. The Morgan fingerprint density at radius 3 is 2.57 bits per heavy atom. The number of hydrogen-bond donors (Lipinski definition) is 2. The first-order valence-electron chi connectivity index (χ1n) is 6.60. The lowest BCUT2D eigenvalue weighted by Crippen LogP contribution is -2.23. The number of benzene rings is 2. The highest BCUT2D eigenvalue weighted by Crippen LogP contribution is 2.25. The predicted octanol–water partition coefficient (Wildman–Crippen LogP) is 3.87. The Labute approximate surface area is 142 Å². The van der Waals surface area contributed by atoms with Crippen molar-refractivity contribution in [2.75, 3.05) is 12.4 Å². The van der Waals surface area contributed by atoms with Gasteiger partial charge in [0, 0.05) is 35.3 Å². The lowest BCUT2D eigenvalue weighted by molar-refractivity contribution is -0.384. The maximum Gasteiger partial charge on any atom is 0.293 e. The molecule has 120 valence electrons. The highest BCUT2D eigenvalue weighted by Gasteiger charge is 2.16. The number of hydrogen-bond acceptors (Lipinski definition) is 4. The minimum atomic E-state index is -0.543. The maximum absolute atomic E-state index is 12.1. The van der Waals surface area contributed by atoms with Crippen LogP contribution in [0.2, 0.25) is 10.0 Å². The zero-order valence-corrected chi connectivity index (χ0v) is 13.6. The molecule has 0 atom stereocenters. The predicted molar refractivity (Wildman–Crippen MR) is 90.3 cm³/mol. The van der Waals surface area contributed by atoms with Crippen LogP contribution in [0.25, 0.3) is 0 Å². The van der Waals surface area contributed by atoms with E-state index < -0.39 is 10.8 Å². The topological polar surface area (TPSA) is 84.3 Å². The second-order valence-electron chi connectivity index (χ2n) is 4.66. The molecular formula is C15H13Cl2N3O3. The van der Waals surface area contributed by atoms with Crippen molar-refractivity contribution in [1.82, 2.24) is 5.32 Å². The molecule has 0 aliphatic heterocycles. The Morgan fingerprint density at radius 2 is 1.96 bits per heavy atom. The van der Waals surface area contributed by atoms with Crippen LogP contribution in [-0.2, 0) is 6.54 Å². The van der Waals surface area contributed by atoms with Crippen molar-refractivity contribution < 1.29 is 9.72 Å². The van der Waals surface area contributed by atoms with Crippen LogP contribution in [0.4, 0.5) is 11.4 Å². The summed E-state index contributed by atoms with van der Waals surface area (Å²) in [5.41, 5.74) is 1.07. The molecular weight excluding hydrogens is 341 g/mol. The van der Waals surface area contributed by atoms with Crippen LogP contribution in [0.3, 0.4) is 0 Å². The monoisotopic (exact) mass is 353 g/mol. The largest absolute Gasteiger partial charge is 0.383 e. The molecule has 0 fully saturated rings. The smallest absolute Gasteiger partial charge is 0.293 e. The Balaban J connectivity index is 2.14. The molecule has 2 N–H and O–H groups in total. The van der Waals surface area contributed by atoms with E-state index in [4.69, 9.17) is 23.2 Å². The SMILES string of the molecule is CNc1ccc(C(=O)NCc2ccc(Cl)cc2Cl)cc1[N+](=O)[O-]. The average Bonchev–Trinajstić information content (AvgIpc) is 2.53. The second-order valence-corrected chi connectivity index (χ2v) is 5.50. The molecule has 0 bridgehead atoms. The van der Waals surface area contributed by atoms with E-state index in [1.807, 2.05) is 0 Å². The molecule has 8 heteroatoms. The zero-order chi connectivity index (χ0) is 17.0. The van der Waals surface area contributed by atoms with Crippen molar-refractivity contribution in [3.8, 4) is 0 Å². The molecule has 0 radical (unpaired) electrons. The van der Waals surface area contributed by atoms with E-state index in [0.29, 0.717) is 21.3 Å². The lowest BCUT2D eigenvalue weighted by Gasteiger charge is -2.08. The molecule has 6 nitrogen and oxygen atoms in total. The number of carbonyl (C=O) groups excluding carboxylic acids is 1. The maximum atomic E-state index is 12.1. The lowest BCUT2D eigenvalue weighted by atomic mass is 10.1. The molecule has 0 saturated heterocycles. The number of rotatable bonds is 5. The van der Waals surface area contributed by atoms with Gasteiger partial charge in [0.15, 0.2) is 0 Å². The van der Waals surface area contributed by atoms with Crippen LogP contribution in [0, 0.1) is 10.1 Å². The molecule has 2 aromatic carbocycles. The first kappa shape index (κ1) is 17.1. The molecule has 2 aromatic rings. The van der Waals surface area contributed by atoms with Crippen LogP contribution in [0.5, 0.6) is 0 Å². The minimum Gasteiger partial charge on any atom is -0.383 e. The van der Waals surface area contributed by atoms with Crippen molar-refractivity contribution in [3.63, 3.8) is 0 Å². The van der Waals surface area contributed by atoms with E-state index in [1.54, 1.807) is 25.2 Å². The van der Waals surface area contributed by atoms with E-state index in [1.165, 1.54) is 18.2 Å². The summed E-state index contributed by atoms with van der Waals surface area (Å²) in [6.07, 6.45) is 0. The van der Waals surface area contributed by atoms with Gasteiger partial charge in [0.05, 0.1) is 4.92 Å². The van der Waals surface area contributed by atoms with Crippen LogP contribution in [-0.4, -0.2) is 17.9 Å². The molecule has 0 aromatic heterocycles. The molecule has 0 heterocycles. The van der Waals surface area contributed by atoms with Gasteiger partial charge in [-0.3, -0.25) is 14.9 Å². The average molecular weight is 354 g/mol. The molecule has 0 aliphatic carbocycles. The number of halogens is 2. The second kappa shape index (κ2) is 7.30. The number of anilines is 1. The van der Waals surface area contributed by atoms with Gasteiger partial charge >= 0.3 is 0 Å². The summed E-state index contributed by atoms with van der Waals surface area (Å²) in [5, 5.41) is 17.3. The summed E-state index contributed by atoms with van der Waals surface area (Å²) in [4.78, 5) is 22.6. The van der Waals surface area contributed by atoms with Gasteiger partial charge in [0.1, 0.15) is 5.69 Å². The molecule has 0 spiro atoms. The fourth-order valence-corrected chi connectivity index (χ4v) is 2.45. The fraction of sp³-hybridized carbons (Fsp3) is 0.133. The minimum absolute atomic E-state index is 0.162. The van der Waals surface area contributed by atoms with Gasteiger partial charge < -0.3 is 10.6 Å². The van der Waals surface area contributed by atoms with E-state index in [-0.39, 0.29) is 17.8 Å². The van der Waals surface area contributed by atoms with E-state index in [0.717, 1.165) is 0 Å². The number of amides is 1. The Kier molecular flexibility index (Phi) is 5.41. The number of nitro groups is 1. The van der Waals surface area contributed by atoms with Crippen molar-refractivity contribution in [3.05, 3.63) is 67.7 Å². The summed E-state index contributed by atoms with van der Waals surface area (Å²) in [5.74, 6) is -0.429. The zero-order valence-electron chi connectivity index (χ0n) is 12.1. The van der Waals surface area contributed by atoms with E-state index in [9.17, 15) is 14.9 Å². The third-order valence-electron chi connectivity index (χ3n) is 3.18. The molecule has 0 unspecified atom stereocenters. The van der Waals surface area contributed by atoms with Crippen LogP contribution in [0.1, 0.15) is 15.9 Å². The van der Waals surface area contributed by atoms with Crippen LogP contribution >= 0.6 is 23.2 Å². The summed E-state index contributed by atoms with van der Waals surface area (Å²) in [6.45, 7) is 0.191. The first-order valence-corrected chi connectivity index (χ1v) is 7.36. The Bertz CT molecular complexity index is 766. The molecule has 2 rings (SSSR count). The molecule has 23 heavy (non-hydrogen) atoms. The number of nitrogens with zero attached hydrogens (tertiary/aromatic N) is 1. The van der Waals surface area contributed by atoms with Gasteiger partial charge in [-0.25, -0.2) is 0 Å². The summed E-state index contributed by atoms with van der Waals surface area (Å²) >= 11 is 11.8. The fourth-order valence-electron chi connectivity index (χ4n) is 1.98. The quantitative estimate of drug-likeness (QED) is 0.631. The van der Waals surface area contributed by atoms with Crippen molar-refractivity contribution >= 4 is 40.5 Å². The number of nitrogens with one attached hydrogen (secondary N) is 2. The summed E-state index contributed by atoms with van der Waals surface area (Å²) in [7, 11) is 1.57.